The van der Waals surface area contributed by atoms with Gasteiger partial charge in [-0.15, -0.1) is 0 Å². The lowest BCUT2D eigenvalue weighted by molar-refractivity contribution is -0.389. The molecular formula is C33H46F12O6. The number of hydrogen-bond acceptors (Lipinski definition) is 6. The van der Waals surface area contributed by atoms with Crippen LogP contribution < -0.4 is 0 Å². The molecular weight excluding hydrogens is 720 g/mol. The number of alkyl halides is 12. The van der Waals surface area contributed by atoms with Crippen molar-refractivity contribution < 1.29 is 82.0 Å². The zero-order valence-corrected chi connectivity index (χ0v) is 29.0. The molecule has 0 heterocycles. The van der Waals surface area contributed by atoms with Crippen LogP contribution in [0.4, 0.5) is 52.7 Å². The second kappa shape index (κ2) is 14.0. The van der Waals surface area contributed by atoms with Gasteiger partial charge in [-0.2, -0.15) is 52.7 Å². The fraction of sp³-hybridized carbons (Fsp3) is 0.939. The molecule has 0 aromatic carbocycles. The van der Waals surface area contributed by atoms with Crippen LogP contribution in [0.1, 0.15) is 99.3 Å². The highest BCUT2D eigenvalue weighted by Crippen LogP contribution is 2.61. The fourth-order valence-electron chi connectivity index (χ4n) is 7.85. The molecule has 8 unspecified atom stereocenters. The summed E-state index contributed by atoms with van der Waals surface area (Å²) in [4.78, 5) is 24.2. The monoisotopic (exact) mass is 766 g/mol. The third-order valence-electron chi connectivity index (χ3n) is 12.0. The molecule has 4 aliphatic rings. The van der Waals surface area contributed by atoms with Gasteiger partial charge >= 0.3 is 36.6 Å². The molecule has 0 spiro atoms. The Balaban J connectivity index is 0.000000276. The number of rotatable bonds is 9. The first-order valence-electron chi connectivity index (χ1n) is 16.9. The molecule has 51 heavy (non-hydrogen) atoms. The highest BCUT2D eigenvalue weighted by atomic mass is 19.4. The van der Waals surface area contributed by atoms with Crippen LogP contribution in [0.2, 0.25) is 0 Å². The number of hydrogen-bond donors (Lipinski definition) is 2. The summed E-state index contributed by atoms with van der Waals surface area (Å²) >= 11 is 0. The first-order chi connectivity index (χ1) is 22.8. The quantitative estimate of drug-likeness (QED) is 0.180. The van der Waals surface area contributed by atoms with Crippen molar-refractivity contribution in [3.63, 3.8) is 0 Å². The van der Waals surface area contributed by atoms with Crippen LogP contribution in [0.15, 0.2) is 0 Å². The number of aliphatic hydroxyl groups is 2. The maximum absolute atomic E-state index is 13.0. The molecule has 0 saturated heterocycles. The van der Waals surface area contributed by atoms with Gasteiger partial charge in [-0.3, -0.25) is 9.59 Å². The highest BCUT2D eigenvalue weighted by molar-refractivity contribution is 5.76. The first-order valence-corrected chi connectivity index (χ1v) is 16.9. The van der Waals surface area contributed by atoms with Gasteiger partial charge in [-0.1, -0.05) is 13.8 Å². The van der Waals surface area contributed by atoms with Gasteiger partial charge in [0.2, 0.25) is 0 Å². The maximum atomic E-state index is 13.0. The summed E-state index contributed by atoms with van der Waals surface area (Å²) in [5.41, 5.74) is -10.9. The zero-order valence-electron chi connectivity index (χ0n) is 29.0. The Bertz CT molecular complexity index is 1230. The molecule has 0 amide bonds. The van der Waals surface area contributed by atoms with Crippen molar-refractivity contribution in [1.29, 1.82) is 0 Å². The summed E-state index contributed by atoms with van der Waals surface area (Å²) in [6.07, 6.45) is -24.4. The van der Waals surface area contributed by atoms with Gasteiger partial charge < -0.3 is 19.7 Å². The van der Waals surface area contributed by atoms with E-state index >= 15 is 0 Å². The summed E-state index contributed by atoms with van der Waals surface area (Å²) in [5.74, 6) is -6.04. The second-order valence-corrected chi connectivity index (χ2v) is 16.0. The van der Waals surface area contributed by atoms with E-state index in [0.29, 0.717) is 19.3 Å². The SMILES string of the molecule is CCC(C)(C)C(=O)OC1CC2CC1CC2C(O)(C(F)(F)F)C(F)(F)F.CCC(C)(C)C(=O)OC1CC2CC1CC2CC(O)(C(F)(F)F)C(F)(F)F. The van der Waals surface area contributed by atoms with E-state index in [1.54, 1.807) is 34.6 Å². The molecule has 0 radical (unpaired) electrons. The molecule has 4 aliphatic carbocycles. The average Bonchev–Trinajstić information content (AvgIpc) is 3.76. The lowest BCUT2D eigenvalue weighted by Crippen LogP contribution is -2.63. The first kappa shape index (κ1) is 43.4. The van der Waals surface area contributed by atoms with Crippen molar-refractivity contribution in [3.8, 4) is 0 Å². The lowest BCUT2D eigenvalue weighted by atomic mass is 9.74. The number of carbonyl (C=O) groups excluding carboxylic acids is 2. The third kappa shape index (κ3) is 8.25. The molecule has 2 N–H and O–H groups in total. The standard InChI is InChI=1S/C17H24F6O3.C16H22F6O3/c1-4-14(2,3)13(24)26-12-7-9-5-10(12)6-11(9)8-15(25,16(18,19)20)17(21,22)23;1-4-13(2,3)12(23)25-11-7-8-5-9(11)6-10(8)14(24,15(17,18)19)16(20,21)22/h9-12,25H,4-8H2,1-3H3;8-11,24H,4-7H2,1-3H3. The Morgan fingerprint density at radius 3 is 1.22 bits per heavy atom. The van der Waals surface area contributed by atoms with Crippen LogP contribution in [0.5, 0.6) is 0 Å². The molecule has 0 aromatic heterocycles. The van der Waals surface area contributed by atoms with E-state index in [1.165, 1.54) is 0 Å². The van der Waals surface area contributed by atoms with E-state index < -0.39 is 113 Å². The van der Waals surface area contributed by atoms with E-state index in [-0.39, 0.29) is 31.6 Å². The zero-order chi connectivity index (χ0) is 39.6. The van der Waals surface area contributed by atoms with Gasteiger partial charge in [0.15, 0.2) is 0 Å². The summed E-state index contributed by atoms with van der Waals surface area (Å²) in [6, 6.07) is 0. The van der Waals surface area contributed by atoms with Crippen LogP contribution in [0, 0.1) is 46.3 Å². The smallest absolute Gasteiger partial charge is 0.426 e. The normalized spacial score (nSPS) is 30.3. The number of esters is 2. The average molecular weight is 767 g/mol. The Kier molecular flexibility index (Phi) is 11.9. The second-order valence-electron chi connectivity index (χ2n) is 16.0. The lowest BCUT2D eigenvalue weighted by Gasteiger charge is -2.42. The van der Waals surface area contributed by atoms with Crippen molar-refractivity contribution in [2.75, 3.05) is 0 Å². The minimum absolute atomic E-state index is 0.0869. The van der Waals surface area contributed by atoms with Crippen molar-refractivity contribution >= 4 is 11.9 Å². The molecule has 6 nitrogen and oxygen atoms in total. The number of ether oxygens (including phenoxy) is 2. The van der Waals surface area contributed by atoms with Gasteiger partial charge in [0, 0.05) is 5.92 Å². The topological polar surface area (TPSA) is 93.1 Å². The van der Waals surface area contributed by atoms with E-state index in [9.17, 15) is 72.5 Å². The van der Waals surface area contributed by atoms with E-state index in [4.69, 9.17) is 9.47 Å². The van der Waals surface area contributed by atoms with Crippen LogP contribution in [-0.4, -0.2) is 70.3 Å². The maximum Gasteiger partial charge on any atom is 0.426 e. The van der Waals surface area contributed by atoms with Crippen LogP contribution in [0.25, 0.3) is 0 Å². The van der Waals surface area contributed by atoms with Crippen molar-refractivity contribution in [3.05, 3.63) is 0 Å². The minimum atomic E-state index is -5.81. The molecule has 4 saturated carbocycles. The number of halogens is 12. The van der Waals surface area contributed by atoms with E-state index in [2.05, 4.69) is 0 Å². The molecule has 4 rings (SSSR count). The van der Waals surface area contributed by atoms with Crippen LogP contribution >= 0.6 is 0 Å². The largest absolute Gasteiger partial charge is 0.462 e. The predicted molar refractivity (Wildman–Crippen MR) is 155 cm³/mol. The summed E-state index contributed by atoms with van der Waals surface area (Å²) in [5, 5.41) is 19.0. The van der Waals surface area contributed by atoms with Gasteiger partial charge in [-0.25, -0.2) is 0 Å². The van der Waals surface area contributed by atoms with Crippen molar-refractivity contribution in [2.24, 2.45) is 46.3 Å². The van der Waals surface area contributed by atoms with E-state index in [1.807, 2.05) is 6.92 Å². The Morgan fingerprint density at radius 2 is 0.922 bits per heavy atom. The Hall–Kier alpha value is -1.98. The number of fused-ring (bicyclic) bond motifs is 4. The van der Waals surface area contributed by atoms with E-state index in [0.717, 1.165) is 0 Å². The summed E-state index contributed by atoms with van der Waals surface area (Å²) < 4.78 is 166. The van der Waals surface area contributed by atoms with Gasteiger partial charge in [-0.05, 0) is 115 Å². The van der Waals surface area contributed by atoms with Gasteiger partial charge in [0.25, 0.3) is 11.2 Å². The molecule has 298 valence electrons. The van der Waals surface area contributed by atoms with Crippen LogP contribution in [-0.2, 0) is 19.1 Å². The predicted octanol–water partition coefficient (Wildman–Crippen LogP) is 8.86. The number of carbonyl (C=O) groups is 2. The third-order valence-corrected chi connectivity index (χ3v) is 12.0. The van der Waals surface area contributed by atoms with Crippen molar-refractivity contribution in [2.45, 2.75) is 147 Å². The molecule has 8 atom stereocenters. The molecule has 0 aliphatic heterocycles. The van der Waals surface area contributed by atoms with Crippen LogP contribution in [0.3, 0.4) is 0 Å². The fourth-order valence-corrected chi connectivity index (χ4v) is 7.85. The minimum Gasteiger partial charge on any atom is -0.462 e. The summed E-state index contributed by atoms with van der Waals surface area (Å²) in [7, 11) is 0. The van der Waals surface area contributed by atoms with Gasteiger partial charge in [0.1, 0.15) is 12.2 Å². The molecule has 0 aromatic rings. The molecule has 18 heteroatoms. The summed E-state index contributed by atoms with van der Waals surface area (Å²) in [6.45, 7) is 10.4. The van der Waals surface area contributed by atoms with Gasteiger partial charge in [0.05, 0.1) is 10.8 Å². The Morgan fingerprint density at radius 1 is 0.549 bits per heavy atom. The molecule has 4 bridgehead atoms. The Labute approximate surface area is 288 Å². The molecule has 4 fully saturated rings. The van der Waals surface area contributed by atoms with Crippen molar-refractivity contribution in [1.82, 2.24) is 0 Å². The highest BCUT2D eigenvalue weighted by Gasteiger charge is 2.77.